The Kier molecular flexibility index (Phi) is 1.71. The fourth-order valence-electron chi connectivity index (χ4n) is 1.32. The van der Waals surface area contributed by atoms with Gasteiger partial charge in [-0.25, -0.2) is 0 Å². The molecule has 0 aliphatic carbocycles. The highest BCUT2D eigenvalue weighted by Crippen LogP contribution is 2.20. The largest absolute Gasteiger partial charge is 0.371 e. The van der Waals surface area contributed by atoms with E-state index in [1.165, 1.54) is 12.1 Å². The number of rotatable bonds is 1. The van der Waals surface area contributed by atoms with Gasteiger partial charge in [-0.1, -0.05) is 0 Å². The maximum absolute atomic E-state index is 8.57. The summed E-state index contributed by atoms with van der Waals surface area (Å²) in [6.45, 7) is 2.32. The average Bonchev–Trinajstić information content (AvgIpc) is 2.03. The fourth-order valence-corrected chi connectivity index (χ4v) is 1.32. The van der Waals surface area contributed by atoms with Gasteiger partial charge >= 0.3 is 0 Å². The minimum Gasteiger partial charge on any atom is -0.371 e. The third kappa shape index (κ3) is 1.14. The van der Waals surface area contributed by atoms with Gasteiger partial charge in [0.15, 0.2) is 0 Å². The third-order valence-electron chi connectivity index (χ3n) is 2.22. The Morgan fingerprint density at radius 1 is 1.17 bits per heavy atom. The predicted octanol–water partition coefficient (Wildman–Crippen LogP) is 1.77. The summed E-state index contributed by atoms with van der Waals surface area (Å²) in [4.78, 5) is 2.31. The molecule has 60 valence electrons. The molecular weight excluding hydrogens is 148 g/mol. The van der Waals surface area contributed by atoms with Crippen molar-refractivity contribution in [2.45, 2.75) is 6.42 Å². The van der Waals surface area contributed by atoms with Gasteiger partial charge in [0.1, 0.15) is 0 Å². The molecule has 1 aliphatic heterocycles. The lowest BCUT2D eigenvalue weighted by atomic mass is 10.1. The van der Waals surface area contributed by atoms with E-state index in [4.69, 9.17) is 5.26 Å². The van der Waals surface area contributed by atoms with Gasteiger partial charge in [0.05, 0.1) is 11.6 Å². The van der Waals surface area contributed by atoms with Gasteiger partial charge < -0.3 is 4.90 Å². The molecule has 2 heteroatoms. The van der Waals surface area contributed by atoms with Crippen molar-refractivity contribution < 1.29 is 0 Å². The smallest absolute Gasteiger partial charge is 0.0991 e. The zero-order valence-electron chi connectivity index (χ0n) is 6.83. The maximum atomic E-state index is 8.57. The van der Waals surface area contributed by atoms with Crippen LogP contribution < -0.4 is 4.90 Å². The van der Waals surface area contributed by atoms with Crippen molar-refractivity contribution in [1.29, 1.82) is 5.26 Å². The molecular formula is C10H10N2. The first-order valence-electron chi connectivity index (χ1n) is 4.15. The molecule has 2 nitrogen and oxygen atoms in total. The first-order valence-corrected chi connectivity index (χ1v) is 4.15. The zero-order valence-corrected chi connectivity index (χ0v) is 6.83. The standard InChI is InChI=1S/C10H10N2/c11-8-9-2-4-10(5-3-9)12-6-1-7-12/h2-5H,1,6-7H2. The van der Waals surface area contributed by atoms with Crippen molar-refractivity contribution in [3.63, 3.8) is 0 Å². The highest BCUT2D eigenvalue weighted by atomic mass is 15.2. The molecule has 1 aromatic carbocycles. The monoisotopic (exact) mass is 158 g/mol. The number of anilines is 1. The van der Waals surface area contributed by atoms with E-state index in [0.717, 1.165) is 18.7 Å². The SMILES string of the molecule is N#Cc1ccc(N2CCC2)cc1. The molecule has 1 aliphatic rings. The molecule has 1 fully saturated rings. The summed E-state index contributed by atoms with van der Waals surface area (Å²) in [6.07, 6.45) is 1.29. The molecule has 0 atom stereocenters. The molecule has 0 aromatic heterocycles. The van der Waals surface area contributed by atoms with Crippen molar-refractivity contribution in [3.8, 4) is 6.07 Å². The van der Waals surface area contributed by atoms with Crippen molar-refractivity contribution >= 4 is 5.69 Å². The van der Waals surface area contributed by atoms with E-state index < -0.39 is 0 Å². The van der Waals surface area contributed by atoms with Gasteiger partial charge in [0.2, 0.25) is 0 Å². The minimum atomic E-state index is 0.735. The first kappa shape index (κ1) is 7.17. The van der Waals surface area contributed by atoms with Crippen LogP contribution >= 0.6 is 0 Å². The summed E-state index contributed by atoms with van der Waals surface area (Å²) in [5, 5.41) is 8.57. The van der Waals surface area contributed by atoms with Gasteiger partial charge in [0, 0.05) is 18.8 Å². The molecule has 0 spiro atoms. The van der Waals surface area contributed by atoms with Crippen LogP contribution in [0.5, 0.6) is 0 Å². The topological polar surface area (TPSA) is 27.0 Å². The Balaban J connectivity index is 2.19. The second-order valence-electron chi connectivity index (χ2n) is 3.00. The Bertz CT molecular complexity index is 304. The first-order chi connectivity index (χ1) is 5.90. The highest BCUT2D eigenvalue weighted by Gasteiger charge is 2.13. The molecule has 0 radical (unpaired) electrons. The summed E-state index contributed by atoms with van der Waals surface area (Å²) < 4.78 is 0. The Morgan fingerprint density at radius 3 is 2.25 bits per heavy atom. The van der Waals surface area contributed by atoms with Crippen LogP contribution in [0.3, 0.4) is 0 Å². The van der Waals surface area contributed by atoms with Gasteiger partial charge in [-0.2, -0.15) is 5.26 Å². The molecule has 0 amide bonds. The van der Waals surface area contributed by atoms with Crippen LogP contribution in [0.15, 0.2) is 24.3 Å². The lowest BCUT2D eigenvalue weighted by Crippen LogP contribution is -2.36. The van der Waals surface area contributed by atoms with Gasteiger partial charge in [-0.15, -0.1) is 0 Å². The molecule has 0 unspecified atom stereocenters. The molecule has 1 saturated heterocycles. The van der Waals surface area contributed by atoms with Crippen LogP contribution in [-0.2, 0) is 0 Å². The second kappa shape index (κ2) is 2.86. The summed E-state index contributed by atoms with van der Waals surface area (Å²) in [5.41, 5.74) is 1.97. The molecule has 0 bridgehead atoms. The Labute approximate surface area is 72.0 Å². The van der Waals surface area contributed by atoms with Gasteiger partial charge in [0.25, 0.3) is 0 Å². The van der Waals surface area contributed by atoms with Crippen molar-refractivity contribution in [2.75, 3.05) is 18.0 Å². The quantitative estimate of drug-likeness (QED) is 0.622. The van der Waals surface area contributed by atoms with E-state index in [-0.39, 0.29) is 0 Å². The van der Waals surface area contributed by atoms with Crippen LogP contribution in [-0.4, -0.2) is 13.1 Å². The summed E-state index contributed by atoms with van der Waals surface area (Å²) >= 11 is 0. The van der Waals surface area contributed by atoms with Crippen LogP contribution in [0.4, 0.5) is 5.69 Å². The Morgan fingerprint density at radius 2 is 1.83 bits per heavy atom. The molecule has 1 heterocycles. The Hall–Kier alpha value is -1.49. The normalized spacial score (nSPS) is 15.1. The lowest BCUT2D eigenvalue weighted by Gasteiger charge is -2.33. The molecule has 0 N–H and O–H groups in total. The molecule has 1 aromatic rings. The van der Waals surface area contributed by atoms with Crippen molar-refractivity contribution in [1.82, 2.24) is 0 Å². The van der Waals surface area contributed by atoms with Crippen molar-refractivity contribution in [3.05, 3.63) is 29.8 Å². The van der Waals surface area contributed by atoms with E-state index in [1.54, 1.807) is 0 Å². The van der Waals surface area contributed by atoms with Gasteiger partial charge in [-0.05, 0) is 30.7 Å². The third-order valence-corrected chi connectivity index (χ3v) is 2.22. The molecule has 2 rings (SSSR count). The van der Waals surface area contributed by atoms with Crippen LogP contribution in [0.1, 0.15) is 12.0 Å². The summed E-state index contributed by atoms with van der Waals surface area (Å²) in [7, 11) is 0. The van der Waals surface area contributed by atoms with E-state index in [0.29, 0.717) is 0 Å². The van der Waals surface area contributed by atoms with Crippen molar-refractivity contribution in [2.24, 2.45) is 0 Å². The maximum Gasteiger partial charge on any atom is 0.0991 e. The summed E-state index contributed by atoms with van der Waals surface area (Å²) in [5.74, 6) is 0. The summed E-state index contributed by atoms with van der Waals surface area (Å²) in [6, 6.07) is 9.87. The number of hydrogen-bond acceptors (Lipinski definition) is 2. The number of nitriles is 1. The highest BCUT2D eigenvalue weighted by molar-refractivity contribution is 5.50. The van der Waals surface area contributed by atoms with E-state index in [1.807, 2.05) is 24.3 Å². The van der Waals surface area contributed by atoms with Crippen LogP contribution in [0.2, 0.25) is 0 Å². The minimum absolute atomic E-state index is 0.735. The fraction of sp³-hybridized carbons (Fsp3) is 0.300. The predicted molar refractivity (Wildman–Crippen MR) is 48.0 cm³/mol. The van der Waals surface area contributed by atoms with Crippen LogP contribution in [0, 0.1) is 11.3 Å². The molecule has 0 saturated carbocycles. The lowest BCUT2D eigenvalue weighted by molar-refractivity contribution is 0.618. The number of hydrogen-bond donors (Lipinski definition) is 0. The van der Waals surface area contributed by atoms with Crippen LogP contribution in [0.25, 0.3) is 0 Å². The van der Waals surface area contributed by atoms with E-state index >= 15 is 0 Å². The zero-order chi connectivity index (χ0) is 8.39. The number of nitrogens with zero attached hydrogens (tertiary/aromatic N) is 2. The number of benzene rings is 1. The second-order valence-corrected chi connectivity index (χ2v) is 3.00. The van der Waals surface area contributed by atoms with Gasteiger partial charge in [-0.3, -0.25) is 0 Å². The van der Waals surface area contributed by atoms with E-state index in [2.05, 4.69) is 11.0 Å². The van der Waals surface area contributed by atoms with E-state index in [9.17, 15) is 0 Å². The molecule has 12 heavy (non-hydrogen) atoms. The average molecular weight is 158 g/mol.